The van der Waals surface area contributed by atoms with E-state index >= 15 is 0 Å². The number of likely N-dealkylation sites (tertiary alicyclic amines) is 1. The van der Waals surface area contributed by atoms with Crippen LogP contribution in [0.25, 0.3) is 11.2 Å². The first-order valence-electron chi connectivity index (χ1n) is 9.62. The lowest BCUT2D eigenvalue weighted by molar-refractivity contribution is -0.128. The van der Waals surface area contributed by atoms with Gasteiger partial charge < -0.3 is 14.8 Å². The van der Waals surface area contributed by atoms with E-state index in [0.717, 1.165) is 23.1 Å². The highest BCUT2D eigenvalue weighted by Crippen LogP contribution is 2.17. The summed E-state index contributed by atoms with van der Waals surface area (Å²) < 4.78 is 3.69. The van der Waals surface area contributed by atoms with Crippen LogP contribution in [-0.4, -0.2) is 41.9 Å². The predicted octanol–water partition coefficient (Wildman–Crippen LogP) is 0.195. The number of aryl methyl sites for hydroxylation is 1. The van der Waals surface area contributed by atoms with Crippen LogP contribution in [0.3, 0.4) is 0 Å². The topological polar surface area (TPSA) is 111 Å². The summed E-state index contributed by atoms with van der Waals surface area (Å²) >= 11 is 0. The summed E-state index contributed by atoms with van der Waals surface area (Å²) in [7, 11) is 2.91. The van der Waals surface area contributed by atoms with E-state index in [1.54, 1.807) is 11.0 Å². The van der Waals surface area contributed by atoms with Crippen molar-refractivity contribution in [3.05, 3.63) is 57.0 Å². The average molecular weight is 410 g/mol. The van der Waals surface area contributed by atoms with Crippen molar-refractivity contribution in [3.8, 4) is 0 Å². The fourth-order valence-electron chi connectivity index (χ4n) is 3.71. The van der Waals surface area contributed by atoms with Crippen molar-refractivity contribution < 1.29 is 9.59 Å². The van der Waals surface area contributed by atoms with Gasteiger partial charge in [-0.05, 0) is 24.1 Å². The molecular formula is C20H22N6O4. The molecule has 10 heteroatoms. The predicted molar refractivity (Wildman–Crippen MR) is 110 cm³/mol. The SMILES string of the molecule is Cn1c(=O)c2c(ncn2CC(=O)Nc2cccc(CN3CCCC3=O)c2)n(C)c1=O. The summed E-state index contributed by atoms with van der Waals surface area (Å²) in [6.07, 6.45) is 2.83. The molecule has 1 N–H and O–H groups in total. The number of carbonyl (C=O) groups excluding carboxylic acids is 2. The van der Waals surface area contributed by atoms with Gasteiger partial charge in [0.2, 0.25) is 11.8 Å². The number of fused-ring (bicyclic) bond motifs is 1. The second-order valence-corrected chi connectivity index (χ2v) is 7.42. The molecule has 1 aliphatic heterocycles. The van der Waals surface area contributed by atoms with Gasteiger partial charge in [0.15, 0.2) is 11.2 Å². The van der Waals surface area contributed by atoms with Crippen LogP contribution in [0.4, 0.5) is 5.69 Å². The maximum atomic E-state index is 12.6. The van der Waals surface area contributed by atoms with Gasteiger partial charge in [-0.1, -0.05) is 12.1 Å². The molecule has 0 unspecified atom stereocenters. The molecule has 1 aromatic carbocycles. The van der Waals surface area contributed by atoms with Crippen molar-refractivity contribution in [2.24, 2.45) is 14.1 Å². The molecule has 156 valence electrons. The van der Waals surface area contributed by atoms with E-state index in [0.29, 0.717) is 18.7 Å². The van der Waals surface area contributed by atoms with Gasteiger partial charge >= 0.3 is 5.69 Å². The minimum atomic E-state index is -0.504. The highest BCUT2D eigenvalue weighted by molar-refractivity contribution is 5.91. The van der Waals surface area contributed by atoms with Gasteiger partial charge in [0.1, 0.15) is 6.54 Å². The molecule has 0 saturated carbocycles. The molecular weight excluding hydrogens is 388 g/mol. The number of nitrogens with zero attached hydrogens (tertiary/aromatic N) is 5. The second kappa shape index (κ2) is 7.62. The van der Waals surface area contributed by atoms with Crippen molar-refractivity contribution >= 4 is 28.7 Å². The minimum Gasteiger partial charge on any atom is -0.338 e. The maximum absolute atomic E-state index is 12.6. The van der Waals surface area contributed by atoms with E-state index in [9.17, 15) is 19.2 Å². The number of nitrogens with one attached hydrogen (secondary N) is 1. The van der Waals surface area contributed by atoms with Crippen LogP contribution in [0.15, 0.2) is 40.2 Å². The van der Waals surface area contributed by atoms with Gasteiger partial charge in [-0.2, -0.15) is 0 Å². The van der Waals surface area contributed by atoms with Gasteiger partial charge in [-0.3, -0.25) is 23.5 Å². The quantitative estimate of drug-likeness (QED) is 0.646. The van der Waals surface area contributed by atoms with Crippen LogP contribution in [-0.2, 0) is 36.8 Å². The Balaban J connectivity index is 1.52. The number of hydrogen-bond acceptors (Lipinski definition) is 5. The molecule has 4 rings (SSSR count). The Morgan fingerprint density at radius 2 is 1.97 bits per heavy atom. The van der Waals surface area contributed by atoms with Crippen molar-refractivity contribution in [1.82, 2.24) is 23.6 Å². The van der Waals surface area contributed by atoms with E-state index < -0.39 is 11.2 Å². The van der Waals surface area contributed by atoms with Crippen molar-refractivity contribution in [3.63, 3.8) is 0 Å². The van der Waals surface area contributed by atoms with Crippen LogP contribution in [0, 0.1) is 0 Å². The summed E-state index contributed by atoms with van der Waals surface area (Å²) in [4.78, 5) is 54.8. The Bertz CT molecular complexity index is 1270. The molecule has 2 amide bonds. The lowest BCUT2D eigenvalue weighted by Gasteiger charge is -2.16. The lowest BCUT2D eigenvalue weighted by Crippen LogP contribution is -2.37. The molecule has 3 heterocycles. The van der Waals surface area contributed by atoms with Crippen LogP contribution in [0.1, 0.15) is 18.4 Å². The largest absolute Gasteiger partial charge is 0.338 e. The van der Waals surface area contributed by atoms with Crippen molar-refractivity contribution in [2.45, 2.75) is 25.9 Å². The van der Waals surface area contributed by atoms with Crippen molar-refractivity contribution in [2.75, 3.05) is 11.9 Å². The van der Waals surface area contributed by atoms with Gasteiger partial charge in [-0.25, -0.2) is 9.78 Å². The third-order valence-electron chi connectivity index (χ3n) is 5.29. The van der Waals surface area contributed by atoms with Crippen LogP contribution < -0.4 is 16.6 Å². The number of imidazole rings is 1. The zero-order valence-electron chi connectivity index (χ0n) is 16.8. The second-order valence-electron chi connectivity index (χ2n) is 7.42. The highest BCUT2D eigenvalue weighted by atomic mass is 16.2. The van der Waals surface area contributed by atoms with E-state index in [-0.39, 0.29) is 29.5 Å². The first-order chi connectivity index (χ1) is 14.3. The first kappa shape index (κ1) is 19.6. The Hall–Kier alpha value is -3.69. The number of hydrogen-bond donors (Lipinski definition) is 1. The summed E-state index contributed by atoms with van der Waals surface area (Å²) in [5.41, 5.74) is 0.976. The Morgan fingerprint density at radius 3 is 2.70 bits per heavy atom. The van der Waals surface area contributed by atoms with Crippen LogP contribution in [0.5, 0.6) is 0 Å². The van der Waals surface area contributed by atoms with E-state index in [1.807, 2.05) is 18.2 Å². The number of carbonyl (C=O) groups is 2. The zero-order valence-corrected chi connectivity index (χ0v) is 16.8. The molecule has 2 aromatic heterocycles. The van der Waals surface area contributed by atoms with E-state index in [1.165, 1.54) is 29.6 Å². The molecule has 1 fully saturated rings. The smallest absolute Gasteiger partial charge is 0.332 e. The summed E-state index contributed by atoms with van der Waals surface area (Å²) in [6, 6.07) is 7.33. The Labute approximate surface area is 171 Å². The first-order valence-corrected chi connectivity index (χ1v) is 9.62. The third kappa shape index (κ3) is 3.51. The molecule has 0 spiro atoms. The molecule has 0 bridgehead atoms. The molecule has 3 aromatic rings. The zero-order chi connectivity index (χ0) is 21.4. The minimum absolute atomic E-state index is 0.126. The number of anilines is 1. The fraction of sp³-hybridized carbons (Fsp3) is 0.350. The molecule has 1 saturated heterocycles. The van der Waals surface area contributed by atoms with E-state index in [4.69, 9.17) is 0 Å². The number of aromatic nitrogens is 4. The van der Waals surface area contributed by atoms with Gasteiger partial charge in [0, 0.05) is 39.3 Å². The monoisotopic (exact) mass is 410 g/mol. The number of amides is 2. The normalized spacial score (nSPS) is 13.9. The Morgan fingerprint density at radius 1 is 1.17 bits per heavy atom. The third-order valence-corrected chi connectivity index (χ3v) is 5.29. The number of benzene rings is 1. The maximum Gasteiger partial charge on any atom is 0.332 e. The van der Waals surface area contributed by atoms with Crippen LogP contribution in [0.2, 0.25) is 0 Å². The number of rotatable bonds is 5. The molecule has 0 atom stereocenters. The molecule has 10 nitrogen and oxygen atoms in total. The van der Waals surface area contributed by atoms with E-state index in [2.05, 4.69) is 10.3 Å². The van der Waals surface area contributed by atoms with Crippen LogP contribution >= 0.6 is 0 Å². The molecule has 30 heavy (non-hydrogen) atoms. The fourth-order valence-corrected chi connectivity index (χ4v) is 3.71. The summed E-state index contributed by atoms with van der Waals surface area (Å²) in [5.74, 6) is -0.188. The lowest BCUT2D eigenvalue weighted by atomic mass is 10.2. The van der Waals surface area contributed by atoms with Gasteiger partial charge in [0.25, 0.3) is 5.56 Å². The van der Waals surface area contributed by atoms with Gasteiger partial charge in [-0.15, -0.1) is 0 Å². The molecule has 1 aliphatic rings. The Kier molecular flexibility index (Phi) is 4.98. The molecule has 0 radical (unpaired) electrons. The average Bonchev–Trinajstić information content (AvgIpc) is 3.31. The highest BCUT2D eigenvalue weighted by Gasteiger charge is 2.20. The summed E-state index contributed by atoms with van der Waals surface area (Å²) in [6.45, 7) is 1.14. The molecule has 0 aliphatic carbocycles. The van der Waals surface area contributed by atoms with Gasteiger partial charge in [0.05, 0.1) is 6.33 Å². The standard InChI is InChI=1S/C20H22N6O4/c1-23-18-17(19(29)24(2)20(23)30)26(12-21-18)11-15(27)22-14-6-3-5-13(9-14)10-25-8-4-7-16(25)28/h3,5-6,9,12H,4,7-8,10-11H2,1-2H3,(H,22,27). The summed E-state index contributed by atoms with van der Waals surface area (Å²) in [5, 5.41) is 2.81. The van der Waals surface area contributed by atoms with Crippen molar-refractivity contribution in [1.29, 1.82) is 0 Å².